The van der Waals surface area contributed by atoms with Crippen molar-refractivity contribution in [3.8, 4) is 0 Å². The van der Waals surface area contributed by atoms with Crippen LogP contribution in [0, 0.1) is 0 Å². The zero-order valence-electron chi connectivity index (χ0n) is 12.8. The summed E-state index contributed by atoms with van der Waals surface area (Å²) < 4.78 is 0. The van der Waals surface area contributed by atoms with Gasteiger partial charge in [0.2, 0.25) is 0 Å². The summed E-state index contributed by atoms with van der Waals surface area (Å²) in [6, 6.07) is 0. The van der Waals surface area contributed by atoms with Gasteiger partial charge in [0, 0.05) is 27.0 Å². The maximum atomic E-state index is 2.38. The van der Waals surface area contributed by atoms with Crippen molar-refractivity contribution in [1.29, 1.82) is 0 Å². The molecular weight excluding hydrogens is 320 g/mol. The van der Waals surface area contributed by atoms with E-state index >= 15 is 0 Å². The number of hydrogen-bond acceptors (Lipinski definition) is 1. The van der Waals surface area contributed by atoms with Crippen molar-refractivity contribution in [2.24, 2.45) is 0 Å². The molecule has 17 heavy (non-hydrogen) atoms. The monoisotopic (exact) mass is 349 g/mol. The summed E-state index contributed by atoms with van der Waals surface area (Å²) in [4.78, 5) is 2.20. The molecular formula is C14H30NPPd. The minimum absolute atomic E-state index is 0. The summed E-state index contributed by atoms with van der Waals surface area (Å²) >= 11 is 0. The van der Waals surface area contributed by atoms with E-state index in [0.29, 0.717) is 10.3 Å². The van der Waals surface area contributed by atoms with E-state index in [0.717, 1.165) is 6.54 Å². The van der Waals surface area contributed by atoms with Gasteiger partial charge in [0.25, 0.3) is 0 Å². The van der Waals surface area contributed by atoms with Gasteiger partial charge in [-0.15, -0.1) is 0 Å². The van der Waals surface area contributed by atoms with Crippen LogP contribution in [-0.2, 0) is 20.4 Å². The van der Waals surface area contributed by atoms with Crippen molar-refractivity contribution >= 4 is 7.92 Å². The predicted octanol–water partition coefficient (Wildman–Crippen LogP) is 4.18. The van der Waals surface area contributed by atoms with E-state index < -0.39 is 0 Å². The van der Waals surface area contributed by atoms with Crippen molar-refractivity contribution < 1.29 is 20.4 Å². The van der Waals surface area contributed by atoms with Crippen LogP contribution in [0.2, 0.25) is 0 Å². The molecule has 0 unspecified atom stereocenters. The van der Waals surface area contributed by atoms with E-state index in [-0.39, 0.29) is 28.3 Å². The first kappa shape index (κ1) is 20.1. The van der Waals surface area contributed by atoms with Crippen molar-refractivity contribution in [2.75, 3.05) is 26.8 Å². The van der Waals surface area contributed by atoms with Crippen LogP contribution in [0.4, 0.5) is 0 Å². The Labute approximate surface area is 124 Å². The third-order valence-corrected chi connectivity index (χ3v) is 6.36. The van der Waals surface area contributed by atoms with Crippen LogP contribution in [0.25, 0.3) is 0 Å². The predicted molar refractivity (Wildman–Crippen MR) is 79.0 cm³/mol. The number of rotatable bonds is 4. The molecule has 0 saturated heterocycles. The molecule has 3 heteroatoms. The van der Waals surface area contributed by atoms with Gasteiger partial charge < -0.3 is 4.90 Å². The average Bonchev–Trinajstić information content (AvgIpc) is 1.97. The summed E-state index contributed by atoms with van der Waals surface area (Å²) in [6.07, 6.45) is 5.92. The molecule has 0 N–H and O–H groups in total. The maximum Gasteiger partial charge on any atom is 0.0157 e. The molecule has 0 rings (SSSR count). The van der Waals surface area contributed by atoms with Crippen molar-refractivity contribution in [1.82, 2.24) is 4.90 Å². The molecule has 0 aliphatic carbocycles. The molecule has 0 aromatic rings. The van der Waals surface area contributed by atoms with Crippen LogP contribution in [0.5, 0.6) is 0 Å². The fourth-order valence-corrected chi connectivity index (χ4v) is 5.49. The molecule has 0 bridgehead atoms. The van der Waals surface area contributed by atoms with Crippen molar-refractivity contribution in [3.63, 3.8) is 0 Å². The minimum Gasteiger partial charge on any atom is -0.306 e. The molecule has 0 spiro atoms. The summed E-state index contributed by atoms with van der Waals surface area (Å²) in [6.45, 7) is 15.3. The van der Waals surface area contributed by atoms with E-state index in [1.165, 1.54) is 6.16 Å². The third kappa shape index (κ3) is 9.38. The van der Waals surface area contributed by atoms with E-state index in [9.17, 15) is 0 Å². The number of hydrogen-bond donors (Lipinski definition) is 0. The molecule has 0 heterocycles. The fourth-order valence-electron chi connectivity index (χ4n) is 2.02. The smallest absolute Gasteiger partial charge is 0.0157 e. The topological polar surface area (TPSA) is 3.24 Å². The second kappa shape index (κ2) is 8.06. The van der Waals surface area contributed by atoms with Gasteiger partial charge in [-0.25, -0.2) is 0 Å². The molecule has 106 valence electrons. The van der Waals surface area contributed by atoms with Crippen LogP contribution in [0.15, 0.2) is 12.2 Å². The average molecular weight is 350 g/mol. The van der Waals surface area contributed by atoms with E-state index in [1.807, 2.05) is 0 Å². The molecule has 0 radical (unpaired) electrons. The first-order valence-corrected chi connectivity index (χ1v) is 7.65. The Morgan fingerprint density at radius 1 is 0.882 bits per heavy atom. The molecule has 0 atom stereocenters. The van der Waals surface area contributed by atoms with Crippen LogP contribution >= 0.6 is 7.92 Å². The first-order valence-electron chi connectivity index (χ1n) is 6.12. The van der Waals surface area contributed by atoms with Crippen molar-refractivity contribution in [2.45, 2.75) is 51.9 Å². The second-order valence-electron chi connectivity index (χ2n) is 6.69. The Hall–Kier alpha value is 0.792. The van der Waals surface area contributed by atoms with Gasteiger partial charge in [-0.1, -0.05) is 61.6 Å². The molecule has 0 saturated carbocycles. The van der Waals surface area contributed by atoms with E-state index in [4.69, 9.17) is 0 Å². The van der Waals surface area contributed by atoms with Gasteiger partial charge in [-0.3, -0.25) is 0 Å². The summed E-state index contributed by atoms with van der Waals surface area (Å²) in [5.41, 5.74) is 0. The van der Waals surface area contributed by atoms with Gasteiger partial charge in [-0.2, -0.15) is 0 Å². The van der Waals surface area contributed by atoms with E-state index in [2.05, 4.69) is 72.7 Å². The maximum absolute atomic E-state index is 2.38. The third-order valence-electron chi connectivity index (χ3n) is 2.54. The van der Waals surface area contributed by atoms with E-state index in [1.54, 1.807) is 0 Å². The van der Waals surface area contributed by atoms with Crippen LogP contribution in [0.3, 0.4) is 0 Å². The van der Waals surface area contributed by atoms with Crippen LogP contribution in [-0.4, -0.2) is 42.0 Å². The quantitative estimate of drug-likeness (QED) is 0.418. The molecule has 0 fully saturated rings. The standard InChI is InChI=1S/C14H30NP.Pd/c1-13(2,3)16(14(4,5)6)12-10-9-11-15(7)8;/h9-10H,11-12H2,1-8H3;. The Kier molecular flexibility index (Phi) is 9.54. The molecule has 0 aliphatic rings. The largest absolute Gasteiger partial charge is 0.306 e. The fraction of sp³-hybridized carbons (Fsp3) is 0.857. The zero-order chi connectivity index (χ0) is 13.0. The second-order valence-corrected chi connectivity index (χ2v) is 10.6. The van der Waals surface area contributed by atoms with Crippen molar-refractivity contribution in [3.05, 3.63) is 12.2 Å². The summed E-state index contributed by atoms with van der Waals surface area (Å²) in [5.74, 6) is 0. The zero-order valence-corrected chi connectivity index (χ0v) is 15.2. The summed E-state index contributed by atoms with van der Waals surface area (Å²) in [7, 11) is 4.24. The SMILES string of the molecule is CN(C)CC=CCP(C(C)(C)C)C(C)(C)C.[Pd]. The molecule has 0 aliphatic heterocycles. The molecule has 0 amide bonds. The van der Waals surface area contributed by atoms with Gasteiger partial charge >= 0.3 is 0 Å². The van der Waals surface area contributed by atoms with Crippen LogP contribution in [0.1, 0.15) is 41.5 Å². The number of likely N-dealkylation sites (N-methyl/N-ethyl adjacent to an activating group) is 1. The number of nitrogens with zero attached hydrogens (tertiary/aromatic N) is 1. The minimum atomic E-state index is 0. The Bertz CT molecular complexity index is 209. The Morgan fingerprint density at radius 2 is 1.29 bits per heavy atom. The Balaban J connectivity index is 0. The van der Waals surface area contributed by atoms with Gasteiger partial charge in [0.1, 0.15) is 0 Å². The normalized spacial score (nSPS) is 13.5. The first-order chi connectivity index (χ1) is 7.05. The van der Waals surface area contributed by atoms with Gasteiger partial charge in [0.05, 0.1) is 0 Å². The molecule has 0 aromatic carbocycles. The molecule has 1 nitrogen and oxygen atoms in total. The van der Waals surface area contributed by atoms with Gasteiger partial charge in [-0.05, 0) is 30.6 Å². The van der Waals surface area contributed by atoms with Crippen LogP contribution < -0.4 is 0 Å². The Morgan fingerprint density at radius 3 is 1.59 bits per heavy atom. The molecule has 0 aromatic heterocycles. The van der Waals surface area contributed by atoms with Gasteiger partial charge in [0.15, 0.2) is 0 Å². The summed E-state index contributed by atoms with van der Waals surface area (Å²) in [5, 5.41) is 0.881. The number of allylic oxidation sites excluding steroid dienone is 1.